The van der Waals surface area contributed by atoms with Crippen LogP contribution in [-0.2, 0) is 14.3 Å². The normalized spacial score (nSPS) is 17.6. The van der Waals surface area contributed by atoms with E-state index in [0.29, 0.717) is 31.8 Å². The minimum absolute atomic E-state index is 0.250. The molecule has 0 aliphatic carbocycles. The Morgan fingerprint density at radius 2 is 1.96 bits per heavy atom. The highest BCUT2D eigenvalue weighted by atomic mass is 16.6. The van der Waals surface area contributed by atoms with Crippen LogP contribution in [0.5, 0.6) is 0 Å². The SMILES string of the molecule is CC(C)CCN(CC(=O)NO)C(=O)N1CCC[C@H]1C(=O)OC(C)(C)C. The average molecular weight is 357 g/mol. The molecule has 0 aromatic heterocycles. The van der Waals surface area contributed by atoms with Gasteiger partial charge in [0.25, 0.3) is 5.91 Å². The van der Waals surface area contributed by atoms with Gasteiger partial charge in [0.15, 0.2) is 0 Å². The highest BCUT2D eigenvalue weighted by Crippen LogP contribution is 2.23. The monoisotopic (exact) mass is 357 g/mol. The average Bonchev–Trinajstić information content (AvgIpc) is 2.98. The Labute approximate surface area is 149 Å². The second kappa shape index (κ2) is 9.03. The third-order valence-electron chi connectivity index (χ3n) is 3.88. The van der Waals surface area contributed by atoms with Gasteiger partial charge in [0, 0.05) is 13.1 Å². The van der Waals surface area contributed by atoms with Crippen molar-refractivity contribution in [2.24, 2.45) is 5.92 Å². The number of hydroxylamine groups is 1. The Balaban J connectivity index is 2.85. The maximum absolute atomic E-state index is 12.9. The quantitative estimate of drug-likeness (QED) is 0.429. The first-order chi connectivity index (χ1) is 11.5. The number of ether oxygens (including phenoxy) is 1. The van der Waals surface area contributed by atoms with E-state index in [9.17, 15) is 14.4 Å². The fourth-order valence-corrected chi connectivity index (χ4v) is 2.66. The van der Waals surface area contributed by atoms with Crippen LogP contribution in [0.15, 0.2) is 0 Å². The molecule has 144 valence electrons. The lowest BCUT2D eigenvalue weighted by Crippen LogP contribution is -2.51. The number of carbonyl (C=O) groups is 3. The van der Waals surface area contributed by atoms with Crippen LogP contribution in [0.1, 0.15) is 53.9 Å². The summed E-state index contributed by atoms with van der Waals surface area (Å²) < 4.78 is 5.41. The van der Waals surface area contributed by atoms with Crippen LogP contribution in [0.3, 0.4) is 0 Å². The van der Waals surface area contributed by atoms with Gasteiger partial charge < -0.3 is 14.5 Å². The molecule has 1 fully saturated rings. The number of carbonyl (C=O) groups excluding carboxylic acids is 3. The van der Waals surface area contributed by atoms with E-state index < -0.39 is 23.5 Å². The molecule has 3 amide bonds. The van der Waals surface area contributed by atoms with Gasteiger partial charge in [0.2, 0.25) is 0 Å². The highest BCUT2D eigenvalue weighted by Gasteiger charge is 2.38. The van der Waals surface area contributed by atoms with Crippen LogP contribution in [0.25, 0.3) is 0 Å². The van der Waals surface area contributed by atoms with Gasteiger partial charge in [-0.2, -0.15) is 0 Å². The maximum atomic E-state index is 12.9. The predicted molar refractivity (Wildman–Crippen MR) is 91.9 cm³/mol. The molecule has 0 saturated carbocycles. The van der Waals surface area contributed by atoms with Gasteiger partial charge in [-0.3, -0.25) is 10.0 Å². The molecule has 0 aromatic rings. The second-order valence-electron chi connectivity index (χ2n) is 7.81. The summed E-state index contributed by atoms with van der Waals surface area (Å²) in [4.78, 5) is 39.6. The zero-order valence-electron chi connectivity index (χ0n) is 15.9. The van der Waals surface area contributed by atoms with Crippen molar-refractivity contribution in [2.75, 3.05) is 19.6 Å². The van der Waals surface area contributed by atoms with E-state index in [1.807, 2.05) is 13.8 Å². The summed E-state index contributed by atoms with van der Waals surface area (Å²) in [6.07, 6.45) is 1.97. The van der Waals surface area contributed by atoms with Crippen LogP contribution >= 0.6 is 0 Å². The van der Waals surface area contributed by atoms with Crippen LogP contribution in [0.4, 0.5) is 4.79 Å². The van der Waals surface area contributed by atoms with Gasteiger partial charge >= 0.3 is 12.0 Å². The lowest BCUT2D eigenvalue weighted by atomic mass is 10.1. The smallest absolute Gasteiger partial charge is 0.329 e. The van der Waals surface area contributed by atoms with Crippen molar-refractivity contribution in [2.45, 2.75) is 65.5 Å². The van der Waals surface area contributed by atoms with Crippen molar-refractivity contribution in [1.82, 2.24) is 15.3 Å². The second-order valence-corrected chi connectivity index (χ2v) is 7.81. The first-order valence-electron chi connectivity index (χ1n) is 8.76. The lowest BCUT2D eigenvalue weighted by molar-refractivity contribution is -0.159. The fraction of sp³-hybridized carbons (Fsp3) is 0.824. The molecule has 0 unspecified atom stereocenters. The van der Waals surface area contributed by atoms with E-state index >= 15 is 0 Å². The number of rotatable bonds is 6. The van der Waals surface area contributed by atoms with E-state index in [2.05, 4.69) is 0 Å². The number of nitrogens with zero attached hydrogens (tertiary/aromatic N) is 2. The predicted octanol–water partition coefficient (Wildman–Crippen LogP) is 1.77. The molecule has 25 heavy (non-hydrogen) atoms. The van der Waals surface area contributed by atoms with E-state index in [4.69, 9.17) is 9.94 Å². The number of urea groups is 1. The van der Waals surface area contributed by atoms with Crippen LogP contribution in [0, 0.1) is 5.92 Å². The summed E-state index contributed by atoms with van der Waals surface area (Å²) in [5.41, 5.74) is 0.928. The first kappa shape index (κ1) is 21.2. The molecular formula is C17H31N3O5. The molecule has 1 heterocycles. The first-order valence-corrected chi connectivity index (χ1v) is 8.76. The summed E-state index contributed by atoms with van der Waals surface area (Å²) >= 11 is 0. The van der Waals surface area contributed by atoms with Crippen molar-refractivity contribution in [3.63, 3.8) is 0 Å². The van der Waals surface area contributed by atoms with Crippen molar-refractivity contribution in [3.8, 4) is 0 Å². The molecule has 8 nitrogen and oxygen atoms in total. The minimum atomic E-state index is -0.662. The van der Waals surface area contributed by atoms with Gasteiger partial charge in [-0.15, -0.1) is 0 Å². The minimum Gasteiger partial charge on any atom is -0.458 e. The Hall–Kier alpha value is -1.83. The van der Waals surface area contributed by atoms with Crippen molar-refractivity contribution in [3.05, 3.63) is 0 Å². The highest BCUT2D eigenvalue weighted by molar-refractivity contribution is 5.87. The Morgan fingerprint density at radius 3 is 2.48 bits per heavy atom. The summed E-state index contributed by atoms with van der Waals surface area (Å²) in [5, 5.41) is 8.75. The summed E-state index contributed by atoms with van der Waals surface area (Å²) in [7, 11) is 0. The molecule has 0 aromatic carbocycles. The third-order valence-corrected chi connectivity index (χ3v) is 3.88. The largest absolute Gasteiger partial charge is 0.458 e. The molecule has 1 atom stereocenters. The molecule has 0 radical (unpaired) electrons. The van der Waals surface area contributed by atoms with Crippen molar-refractivity contribution in [1.29, 1.82) is 0 Å². The van der Waals surface area contributed by atoms with E-state index in [-0.39, 0.29) is 12.6 Å². The molecule has 1 aliphatic heterocycles. The number of likely N-dealkylation sites (tertiary alicyclic amines) is 1. The standard InChI is InChI=1S/C17H31N3O5/c1-12(2)8-10-19(11-14(21)18-24)16(23)20-9-6-7-13(20)15(22)25-17(3,4)5/h12-13,24H,6-11H2,1-5H3,(H,18,21)/t13-/m0/s1. The number of esters is 1. The van der Waals surface area contributed by atoms with Gasteiger partial charge in [0.1, 0.15) is 18.2 Å². The van der Waals surface area contributed by atoms with E-state index in [1.165, 1.54) is 9.80 Å². The summed E-state index contributed by atoms with van der Waals surface area (Å²) in [6, 6.07) is -1.01. The van der Waals surface area contributed by atoms with Gasteiger partial charge in [-0.05, 0) is 46.0 Å². The molecule has 8 heteroatoms. The summed E-state index contributed by atoms with van der Waals surface area (Å²) in [6.45, 7) is 9.97. The molecule has 1 rings (SSSR count). The fourth-order valence-electron chi connectivity index (χ4n) is 2.66. The van der Waals surface area contributed by atoms with Gasteiger partial charge in [-0.1, -0.05) is 13.8 Å². The van der Waals surface area contributed by atoms with Crippen molar-refractivity contribution >= 4 is 17.9 Å². The molecule has 1 aliphatic rings. The Kier molecular flexibility index (Phi) is 7.66. The van der Waals surface area contributed by atoms with E-state index in [1.54, 1.807) is 26.3 Å². The molecule has 1 saturated heterocycles. The van der Waals surface area contributed by atoms with Crippen LogP contribution in [-0.4, -0.2) is 64.2 Å². The lowest BCUT2D eigenvalue weighted by Gasteiger charge is -2.32. The van der Waals surface area contributed by atoms with Gasteiger partial charge in [-0.25, -0.2) is 15.1 Å². The van der Waals surface area contributed by atoms with Crippen molar-refractivity contribution < 1.29 is 24.3 Å². The number of hydrogen-bond acceptors (Lipinski definition) is 5. The maximum Gasteiger partial charge on any atom is 0.329 e. The van der Waals surface area contributed by atoms with Gasteiger partial charge in [0.05, 0.1) is 0 Å². The summed E-state index contributed by atoms with van der Waals surface area (Å²) in [5.74, 6) is -0.730. The Morgan fingerprint density at radius 1 is 1.32 bits per heavy atom. The van der Waals surface area contributed by atoms with Crippen LogP contribution < -0.4 is 5.48 Å². The Bertz CT molecular complexity index is 487. The number of hydrogen-bond donors (Lipinski definition) is 2. The third kappa shape index (κ3) is 6.89. The van der Waals surface area contributed by atoms with E-state index in [0.717, 1.165) is 6.42 Å². The van der Waals surface area contributed by atoms with Crippen LogP contribution in [0.2, 0.25) is 0 Å². The molecule has 0 bridgehead atoms. The number of amides is 3. The topological polar surface area (TPSA) is 99.2 Å². The zero-order chi connectivity index (χ0) is 19.2. The molecule has 0 spiro atoms. The molecule has 2 N–H and O–H groups in total. The zero-order valence-corrected chi connectivity index (χ0v) is 15.9. The number of nitrogens with one attached hydrogen (secondary N) is 1. The molecular weight excluding hydrogens is 326 g/mol.